The first-order valence-corrected chi connectivity index (χ1v) is 6.21. The number of anilines is 1. The van der Waals surface area contributed by atoms with Gasteiger partial charge in [0, 0.05) is 5.57 Å². The highest BCUT2D eigenvalue weighted by atomic mass is 16.5. The SMILES string of the molecule is COc1ccc(/C=C(\C)C(=O)Nc2ncn[nH]2)cc1OC. The van der Waals surface area contributed by atoms with Gasteiger partial charge in [-0.2, -0.15) is 10.1 Å². The zero-order chi connectivity index (χ0) is 15.2. The van der Waals surface area contributed by atoms with Gasteiger partial charge >= 0.3 is 0 Å². The van der Waals surface area contributed by atoms with Crippen LogP contribution in [0.2, 0.25) is 0 Å². The molecule has 0 atom stereocenters. The molecule has 7 heteroatoms. The third-order valence-corrected chi connectivity index (χ3v) is 2.80. The number of hydrogen-bond donors (Lipinski definition) is 2. The number of ether oxygens (including phenoxy) is 2. The van der Waals surface area contributed by atoms with Crippen LogP contribution >= 0.6 is 0 Å². The van der Waals surface area contributed by atoms with Crippen LogP contribution in [0.15, 0.2) is 30.1 Å². The van der Waals surface area contributed by atoms with Gasteiger partial charge < -0.3 is 9.47 Å². The summed E-state index contributed by atoms with van der Waals surface area (Å²) in [6.07, 6.45) is 3.07. The second-order valence-electron chi connectivity index (χ2n) is 4.23. The molecule has 0 saturated carbocycles. The third-order valence-electron chi connectivity index (χ3n) is 2.80. The predicted molar refractivity (Wildman–Crippen MR) is 78.2 cm³/mol. The lowest BCUT2D eigenvalue weighted by Crippen LogP contribution is -2.13. The minimum absolute atomic E-state index is 0.262. The molecule has 2 N–H and O–H groups in total. The number of amides is 1. The number of nitrogens with zero attached hydrogens (tertiary/aromatic N) is 2. The van der Waals surface area contributed by atoms with Crippen LogP contribution in [-0.2, 0) is 4.79 Å². The highest BCUT2D eigenvalue weighted by Crippen LogP contribution is 2.28. The predicted octanol–water partition coefficient (Wildman–Crippen LogP) is 1.86. The Morgan fingerprint density at radius 3 is 2.67 bits per heavy atom. The number of carbonyl (C=O) groups excluding carboxylic acids is 1. The highest BCUT2D eigenvalue weighted by Gasteiger charge is 2.08. The molecular formula is C14H16N4O3. The minimum atomic E-state index is -0.262. The van der Waals surface area contributed by atoms with Crippen LogP contribution in [0.1, 0.15) is 12.5 Å². The number of benzene rings is 1. The van der Waals surface area contributed by atoms with Crippen molar-refractivity contribution in [3.63, 3.8) is 0 Å². The molecule has 1 heterocycles. The van der Waals surface area contributed by atoms with E-state index >= 15 is 0 Å². The molecule has 0 saturated heterocycles. The smallest absolute Gasteiger partial charge is 0.253 e. The van der Waals surface area contributed by atoms with Gasteiger partial charge in [-0.3, -0.25) is 10.1 Å². The van der Waals surface area contributed by atoms with E-state index in [-0.39, 0.29) is 5.91 Å². The van der Waals surface area contributed by atoms with E-state index < -0.39 is 0 Å². The van der Waals surface area contributed by atoms with Crippen molar-refractivity contribution in [2.75, 3.05) is 19.5 Å². The van der Waals surface area contributed by atoms with Gasteiger partial charge in [0.15, 0.2) is 11.5 Å². The molecule has 0 aliphatic carbocycles. The molecule has 2 aromatic rings. The van der Waals surface area contributed by atoms with Crippen LogP contribution in [0.5, 0.6) is 11.5 Å². The molecule has 1 aromatic carbocycles. The quantitative estimate of drug-likeness (QED) is 0.820. The second-order valence-corrected chi connectivity index (χ2v) is 4.23. The van der Waals surface area contributed by atoms with E-state index in [9.17, 15) is 4.79 Å². The summed E-state index contributed by atoms with van der Waals surface area (Å²) in [5.74, 6) is 1.29. The molecule has 0 spiro atoms. The summed E-state index contributed by atoms with van der Waals surface area (Å²) < 4.78 is 10.4. The molecule has 0 bridgehead atoms. The van der Waals surface area contributed by atoms with E-state index in [2.05, 4.69) is 20.5 Å². The lowest BCUT2D eigenvalue weighted by molar-refractivity contribution is -0.112. The van der Waals surface area contributed by atoms with Crippen LogP contribution in [-0.4, -0.2) is 35.3 Å². The van der Waals surface area contributed by atoms with E-state index in [1.165, 1.54) is 6.33 Å². The summed E-state index contributed by atoms with van der Waals surface area (Å²) in [4.78, 5) is 15.8. The van der Waals surface area contributed by atoms with Crippen LogP contribution in [0.25, 0.3) is 6.08 Å². The number of H-pyrrole nitrogens is 1. The lowest BCUT2D eigenvalue weighted by atomic mass is 10.1. The van der Waals surface area contributed by atoms with Crippen LogP contribution < -0.4 is 14.8 Å². The van der Waals surface area contributed by atoms with E-state index in [0.717, 1.165) is 5.56 Å². The Hall–Kier alpha value is -2.83. The average Bonchev–Trinajstić information content (AvgIpc) is 2.99. The van der Waals surface area contributed by atoms with Crippen LogP contribution in [0.3, 0.4) is 0 Å². The fraction of sp³-hybridized carbons (Fsp3) is 0.214. The van der Waals surface area contributed by atoms with Crippen molar-refractivity contribution in [1.29, 1.82) is 0 Å². The standard InChI is InChI=1S/C14H16N4O3/c1-9(13(19)17-14-15-8-16-18-14)6-10-4-5-11(20-2)12(7-10)21-3/h4-8H,1-3H3,(H2,15,16,17,18,19)/b9-6+. The number of aromatic nitrogens is 3. The number of rotatable bonds is 5. The second kappa shape index (κ2) is 6.56. The molecule has 2 rings (SSSR count). The van der Waals surface area contributed by atoms with Gasteiger partial charge in [-0.05, 0) is 30.7 Å². The van der Waals surface area contributed by atoms with Gasteiger partial charge in [-0.25, -0.2) is 5.10 Å². The fourth-order valence-corrected chi connectivity index (χ4v) is 1.73. The first-order chi connectivity index (χ1) is 10.1. The molecule has 0 aliphatic rings. The molecule has 0 aliphatic heterocycles. The van der Waals surface area contributed by atoms with Gasteiger partial charge in [0.2, 0.25) is 5.95 Å². The Bertz CT molecular complexity index is 650. The Morgan fingerprint density at radius 1 is 1.29 bits per heavy atom. The topological polar surface area (TPSA) is 89.1 Å². The zero-order valence-corrected chi connectivity index (χ0v) is 12.0. The molecular weight excluding hydrogens is 272 g/mol. The fourth-order valence-electron chi connectivity index (χ4n) is 1.73. The lowest BCUT2D eigenvalue weighted by Gasteiger charge is -2.08. The van der Waals surface area contributed by atoms with Crippen LogP contribution in [0.4, 0.5) is 5.95 Å². The van der Waals surface area contributed by atoms with E-state index in [4.69, 9.17) is 9.47 Å². The normalized spacial score (nSPS) is 11.1. The minimum Gasteiger partial charge on any atom is -0.493 e. The summed E-state index contributed by atoms with van der Waals surface area (Å²) >= 11 is 0. The first-order valence-electron chi connectivity index (χ1n) is 6.21. The number of nitrogens with one attached hydrogen (secondary N) is 2. The molecule has 21 heavy (non-hydrogen) atoms. The van der Waals surface area contributed by atoms with Gasteiger partial charge in [-0.1, -0.05) is 6.07 Å². The summed E-state index contributed by atoms with van der Waals surface area (Å²) in [5.41, 5.74) is 1.36. The van der Waals surface area contributed by atoms with Crippen molar-refractivity contribution in [1.82, 2.24) is 15.2 Å². The van der Waals surface area contributed by atoms with Gasteiger partial charge in [0.05, 0.1) is 14.2 Å². The van der Waals surface area contributed by atoms with Crippen molar-refractivity contribution in [3.05, 3.63) is 35.7 Å². The first kappa shape index (κ1) is 14.6. The molecule has 1 aromatic heterocycles. The van der Waals surface area contributed by atoms with Crippen molar-refractivity contribution in [3.8, 4) is 11.5 Å². The van der Waals surface area contributed by atoms with E-state index in [1.54, 1.807) is 39.4 Å². The maximum absolute atomic E-state index is 12.0. The zero-order valence-electron chi connectivity index (χ0n) is 12.0. The summed E-state index contributed by atoms with van der Waals surface area (Å²) in [6, 6.07) is 5.42. The van der Waals surface area contributed by atoms with E-state index in [0.29, 0.717) is 23.0 Å². The number of hydrogen-bond acceptors (Lipinski definition) is 5. The molecule has 110 valence electrons. The Morgan fingerprint density at radius 2 is 2.05 bits per heavy atom. The monoisotopic (exact) mass is 288 g/mol. The number of aromatic amines is 1. The number of carbonyl (C=O) groups is 1. The highest BCUT2D eigenvalue weighted by molar-refractivity contribution is 6.05. The van der Waals surface area contributed by atoms with Crippen LogP contribution in [0, 0.1) is 0 Å². The number of methoxy groups -OCH3 is 2. The molecule has 0 unspecified atom stereocenters. The summed E-state index contributed by atoms with van der Waals surface area (Å²) in [5, 5.41) is 8.82. The Balaban J connectivity index is 2.16. The Kier molecular flexibility index (Phi) is 4.55. The molecule has 7 nitrogen and oxygen atoms in total. The van der Waals surface area contributed by atoms with Crippen molar-refractivity contribution in [2.45, 2.75) is 6.92 Å². The maximum atomic E-state index is 12.0. The molecule has 1 amide bonds. The van der Waals surface area contributed by atoms with Crippen molar-refractivity contribution < 1.29 is 14.3 Å². The van der Waals surface area contributed by atoms with Gasteiger partial charge in [0.25, 0.3) is 5.91 Å². The van der Waals surface area contributed by atoms with Gasteiger partial charge in [0.1, 0.15) is 6.33 Å². The Labute approximate surface area is 122 Å². The summed E-state index contributed by atoms with van der Waals surface area (Å²) in [7, 11) is 3.14. The largest absolute Gasteiger partial charge is 0.493 e. The van der Waals surface area contributed by atoms with Crippen molar-refractivity contribution >= 4 is 17.9 Å². The van der Waals surface area contributed by atoms with Crippen molar-refractivity contribution in [2.24, 2.45) is 0 Å². The molecule has 0 radical (unpaired) electrons. The average molecular weight is 288 g/mol. The maximum Gasteiger partial charge on any atom is 0.253 e. The van der Waals surface area contributed by atoms with Gasteiger partial charge in [-0.15, -0.1) is 0 Å². The summed E-state index contributed by atoms with van der Waals surface area (Å²) in [6.45, 7) is 1.71. The molecule has 0 fully saturated rings. The third kappa shape index (κ3) is 3.59. The van der Waals surface area contributed by atoms with E-state index in [1.807, 2.05) is 6.07 Å².